The van der Waals surface area contributed by atoms with Crippen LogP contribution in [-0.4, -0.2) is 57.0 Å². The number of hydrogen-bond acceptors (Lipinski definition) is 7. The lowest BCUT2D eigenvalue weighted by atomic mass is 9.73. The summed E-state index contributed by atoms with van der Waals surface area (Å²) in [6, 6.07) is 3.53. The van der Waals surface area contributed by atoms with Crippen molar-refractivity contribution in [3.63, 3.8) is 0 Å². The molecule has 8 heteroatoms. The van der Waals surface area contributed by atoms with Crippen molar-refractivity contribution in [2.75, 3.05) is 0 Å². The van der Waals surface area contributed by atoms with Crippen molar-refractivity contribution in [3.8, 4) is 0 Å². The fourth-order valence-corrected chi connectivity index (χ4v) is 5.20. The maximum absolute atomic E-state index is 13.2. The van der Waals surface area contributed by atoms with Gasteiger partial charge in [-0.05, 0) is 56.4 Å². The summed E-state index contributed by atoms with van der Waals surface area (Å²) in [4.78, 5) is 30.5. The second-order valence-corrected chi connectivity index (χ2v) is 11.8. The molecular weight excluding hydrogens is 482 g/mol. The van der Waals surface area contributed by atoms with Crippen molar-refractivity contribution >= 4 is 29.4 Å². The molecule has 3 heterocycles. The zero-order valence-corrected chi connectivity index (χ0v) is 22.9. The van der Waals surface area contributed by atoms with Crippen molar-refractivity contribution < 1.29 is 29.3 Å². The first-order valence-corrected chi connectivity index (χ1v) is 13.2. The number of carbonyl (C=O) groups is 2. The molecular formula is C28H40ClNO6. The molecule has 0 radical (unpaired) electrons. The van der Waals surface area contributed by atoms with Gasteiger partial charge in [0.2, 0.25) is 0 Å². The number of hydrogen-bond donors (Lipinski definition) is 2. The van der Waals surface area contributed by atoms with Crippen LogP contribution >= 0.6 is 11.6 Å². The molecule has 0 amide bonds. The van der Waals surface area contributed by atoms with Crippen LogP contribution in [0.25, 0.3) is 6.08 Å². The molecule has 2 saturated heterocycles. The Morgan fingerprint density at radius 1 is 1.19 bits per heavy atom. The van der Waals surface area contributed by atoms with E-state index in [-0.39, 0.29) is 29.8 Å². The summed E-state index contributed by atoms with van der Waals surface area (Å²) < 4.78 is 11.9. The van der Waals surface area contributed by atoms with Crippen molar-refractivity contribution in [1.29, 1.82) is 0 Å². The summed E-state index contributed by atoms with van der Waals surface area (Å²) in [5.74, 6) is -1.62. The van der Waals surface area contributed by atoms with Gasteiger partial charge in [0.15, 0.2) is 0 Å². The molecule has 7 atom stereocenters. The van der Waals surface area contributed by atoms with Gasteiger partial charge in [-0.3, -0.25) is 14.6 Å². The highest BCUT2D eigenvalue weighted by Crippen LogP contribution is 2.45. The minimum Gasteiger partial charge on any atom is -0.458 e. The molecule has 36 heavy (non-hydrogen) atoms. The van der Waals surface area contributed by atoms with Gasteiger partial charge in [0, 0.05) is 18.5 Å². The number of pyridine rings is 1. The normalized spacial score (nSPS) is 36.6. The number of ketones is 1. The van der Waals surface area contributed by atoms with Crippen molar-refractivity contribution in [1.82, 2.24) is 4.98 Å². The van der Waals surface area contributed by atoms with E-state index in [1.165, 1.54) is 0 Å². The number of carbonyl (C=O) groups excluding carboxylic acids is 2. The Morgan fingerprint density at radius 2 is 1.89 bits per heavy atom. The molecule has 200 valence electrons. The predicted octanol–water partition coefficient (Wildman–Crippen LogP) is 4.76. The quantitative estimate of drug-likeness (QED) is 0.426. The largest absolute Gasteiger partial charge is 0.458 e. The number of epoxide rings is 1. The standard InChI is InChI=1S/C28H40ClNO6/c1-16-8-7-11-28(6)23(36-28)13-21(17(2)12-20-10-9-19(29)15-30-20)35-24(32)14-22(31)27(4,5)26(34)18(3)25(16)33/h9-10,12,15-16,18,21-23,25,31,33H,7-8,11,13-14H2,1-6H3/b17-12+/t16-,18+,21-,22-,23-,25-,28+/m0/s1. The highest BCUT2D eigenvalue weighted by molar-refractivity contribution is 6.30. The SMILES string of the molecule is C/C(=C\c1ccc(Cl)cn1)[C@@H]1C[C@@H]2O[C@]2(C)CCC[C@H](C)[C@H](O)[C@@H](C)C(=O)C(C)(C)[C@@H](O)CC(=O)O1. The minimum atomic E-state index is -1.25. The summed E-state index contributed by atoms with van der Waals surface area (Å²) in [5, 5.41) is 22.2. The molecule has 0 aromatic carbocycles. The molecule has 0 saturated carbocycles. The van der Waals surface area contributed by atoms with Crippen LogP contribution in [0.3, 0.4) is 0 Å². The fraction of sp³-hybridized carbons (Fsp3) is 0.679. The summed E-state index contributed by atoms with van der Waals surface area (Å²) in [5.41, 5.74) is -0.0592. The van der Waals surface area contributed by atoms with Crippen LogP contribution in [-0.2, 0) is 19.1 Å². The van der Waals surface area contributed by atoms with E-state index in [0.29, 0.717) is 17.1 Å². The minimum absolute atomic E-state index is 0.0770. The molecule has 2 aliphatic rings. The molecule has 1 aromatic heterocycles. The fourth-order valence-electron chi connectivity index (χ4n) is 5.09. The smallest absolute Gasteiger partial charge is 0.309 e. The molecule has 1 aromatic rings. The van der Waals surface area contributed by atoms with Gasteiger partial charge in [0.05, 0.1) is 46.5 Å². The highest BCUT2D eigenvalue weighted by Gasteiger charge is 2.53. The Bertz CT molecular complexity index is 977. The van der Waals surface area contributed by atoms with E-state index in [1.54, 1.807) is 39.1 Å². The zero-order valence-electron chi connectivity index (χ0n) is 22.2. The van der Waals surface area contributed by atoms with E-state index in [4.69, 9.17) is 21.1 Å². The molecule has 0 unspecified atom stereocenters. The number of aliphatic hydroxyl groups excluding tert-OH is 2. The van der Waals surface area contributed by atoms with E-state index < -0.39 is 35.6 Å². The lowest BCUT2D eigenvalue weighted by Gasteiger charge is -2.34. The summed E-state index contributed by atoms with van der Waals surface area (Å²) in [6.45, 7) is 10.8. The van der Waals surface area contributed by atoms with E-state index >= 15 is 0 Å². The van der Waals surface area contributed by atoms with Gasteiger partial charge in [-0.25, -0.2) is 0 Å². The van der Waals surface area contributed by atoms with E-state index in [0.717, 1.165) is 24.8 Å². The number of Topliss-reactive ketones (excluding diaryl/α,β-unsaturated/α-hetero) is 1. The van der Waals surface area contributed by atoms with Crippen molar-refractivity contribution in [2.24, 2.45) is 17.3 Å². The zero-order chi connectivity index (χ0) is 26.8. The summed E-state index contributed by atoms with van der Waals surface area (Å²) in [7, 11) is 0. The average Bonchev–Trinajstić information content (AvgIpc) is 3.46. The Morgan fingerprint density at radius 3 is 2.53 bits per heavy atom. The third kappa shape index (κ3) is 6.74. The average molecular weight is 522 g/mol. The van der Waals surface area contributed by atoms with Crippen molar-refractivity contribution in [3.05, 3.63) is 34.6 Å². The lowest BCUT2D eigenvalue weighted by Crippen LogP contribution is -2.45. The Hall–Kier alpha value is -1.80. The first kappa shape index (κ1) is 28.8. The first-order valence-electron chi connectivity index (χ1n) is 12.8. The Balaban J connectivity index is 1.86. The van der Waals surface area contributed by atoms with E-state index in [1.807, 2.05) is 19.9 Å². The first-order chi connectivity index (χ1) is 16.7. The number of aliphatic hydroxyl groups is 2. The Kier molecular flexibility index (Phi) is 9.03. The molecule has 2 fully saturated rings. The van der Waals surface area contributed by atoms with Gasteiger partial charge in [-0.2, -0.15) is 0 Å². The number of esters is 1. The number of aromatic nitrogens is 1. The maximum Gasteiger partial charge on any atom is 0.309 e. The van der Waals surface area contributed by atoms with Crippen LogP contribution in [0.4, 0.5) is 0 Å². The van der Waals surface area contributed by atoms with Crippen LogP contribution in [0.1, 0.15) is 79.3 Å². The van der Waals surface area contributed by atoms with Gasteiger partial charge in [-0.1, -0.05) is 45.7 Å². The van der Waals surface area contributed by atoms with Gasteiger partial charge < -0.3 is 19.7 Å². The second kappa shape index (κ2) is 11.3. The van der Waals surface area contributed by atoms with Crippen molar-refractivity contribution in [2.45, 2.75) is 104 Å². The van der Waals surface area contributed by atoms with Gasteiger partial charge >= 0.3 is 5.97 Å². The molecule has 0 aliphatic carbocycles. The van der Waals surface area contributed by atoms with Crippen LogP contribution in [0.15, 0.2) is 23.9 Å². The topological polar surface area (TPSA) is 109 Å². The molecule has 0 bridgehead atoms. The Labute approximate surface area is 219 Å². The third-order valence-corrected chi connectivity index (χ3v) is 8.26. The lowest BCUT2D eigenvalue weighted by molar-refractivity contribution is -0.154. The van der Waals surface area contributed by atoms with E-state index in [9.17, 15) is 19.8 Å². The molecule has 2 aliphatic heterocycles. The monoisotopic (exact) mass is 521 g/mol. The van der Waals surface area contributed by atoms with E-state index in [2.05, 4.69) is 11.9 Å². The van der Waals surface area contributed by atoms with Gasteiger partial charge in [-0.15, -0.1) is 0 Å². The van der Waals surface area contributed by atoms with Gasteiger partial charge in [0.25, 0.3) is 0 Å². The number of fused-ring (bicyclic) bond motifs is 1. The predicted molar refractivity (Wildman–Crippen MR) is 138 cm³/mol. The molecule has 0 spiro atoms. The summed E-state index contributed by atoms with van der Waals surface area (Å²) >= 11 is 5.95. The maximum atomic E-state index is 13.2. The number of halogens is 1. The van der Waals surface area contributed by atoms with Crippen LogP contribution in [0, 0.1) is 17.3 Å². The summed E-state index contributed by atoms with van der Waals surface area (Å²) in [6.07, 6.45) is 3.23. The van der Waals surface area contributed by atoms with Crippen LogP contribution < -0.4 is 0 Å². The second-order valence-electron chi connectivity index (χ2n) is 11.4. The van der Waals surface area contributed by atoms with Gasteiger partial charge in [0.1, 0.15) is 11.9 Å². The van der Waals surface area contributed by atoms with Crippen LogP contribution in [0.5, 0.6) is 0 Å². The highest BCUT2D eigenvalue weighted by atomic mass is 35.5. The molecule has 3 rings (SSSR count). The number of rotatable bonds is 2. The number of ether oxygens (including phenoxy) is 2. The van der Waals surface area contributed by atoms with Crippen LogP contribution in [0.2, 0.25) is 5.02 Å². The molecule has 7 nitrogen and oxygen atoms in total. The third-order valence-electron chi connectivity index (χ3n) is 8.04. The molecule has 2 N–H and O–H groups in total. The number of nitrogens with zero attached hydrogens (tertiary/aromatic N) is 1. The number of cyclic esters (lactones) is 1.